The predicted molar refractivity (Wildman–Crippen MR) is 140 cm³/mol. The van der Waals surface area contributed by atoms with E-state index in [-0.39, 0.29) is 5.78 Å². The van der Waals surface area contributed by atoms with Crippen LogP contribution in [0.4, 0.5) is 0 Å². The highest BCUT2D eigenvalue weighted by Crippen LogP contribution is 2.27. The van der Waals surface area contributed by atoms with Gasteiger partial charge in [-0.2, -0.15) is 5.10 Å². The molecule has 0 aliphatic heterocycles. The predicted octanol–water partition coefficient (Wildman–Crippen LogP) is 7.01. The highest BCUT2D eigenvalue weighted by molar-refractivity contribution is 6.07. The zero-order valence-corrected chi connectivity index (χ0v) is 19.1. The summed E-state index contributed by atoms with van der Waals surface area (Å²) in [7, 11) is 0. The van der Waals surface area contributed by atoms with Crippen LogP contribution >= 0.6 is 0 Å². The number of hydrogen-bond acceptors (Lipinski definition) is 3. The van der Waals surface area contributed by atoms with Crippen LogP contribution in [0.3, 0.4) is 0 Å². The minimum absolute atomic E-state index is 0.0475. The Kier molecular flexibility index (Phi) is 6.63. The summed E-state index contributed by atoms with van der Waals surface area (Å²) in [6, 6.07) is 37.1. The smallest absolute Gasteiger partial charge is 0.185 e. The molecule has 0 radical (unpaired) electrons. The maximum absolute atomic E-state index is 12.6. The highest BCUT2D eigenvalue weighted by Gasteiger charge is 2.12. The Bertz CT molecular complexity index is 1420. The first-order chi connectivity index (χ1) is 17.3. The molecule has 170 valence electrons. The lowest BCUT2D eigenvalue weighted by Crippen LogP contribution is -1.95. The van der Waals surface area contributed by atoms with Gasteiger partial charge in [0.1, 0.15) is 12.4 Å². The van der Waals surface area contributed by atoms with Crippen molar-refractivity contribution in [3.05, 3.63) is 144 Å². The summed E-state index contributed by atoms with van der Waals surface area (Å²) < 4.78 is 7.77. The van der Waals surface area contributed by atoms with Crippen molar-refractivity contribution in [3.63, 3.8) is 0 Å². The number of rotatable bonds is 8. The van der Waals surface area contributed by atoms with Crippen molar-refractivity contribution >= 4 is 11.9 Å². The minimum atomic E-state index is -0.0475. The molecule has 5 aromatic rings. The van der Waals surface area contributed by atoms with Gasteiger partial charge >= 0.3 is 0 Å². The Hall–Kier alpha value is -4.70. The number of aromatic nitrogens is 2. The van der Waals surface area contributed by atoms with Crippen LogP contribution in [0.2, 0.25) is 0 Å². The van der Waals surface area contributed by atoms with E-state index in [0.717, 1.165) is 33.8 Å². The van der Waals surface area contributed by atoms with E-state index in [4.69, 9.17) is 9.84 Å². The fraction of sp³-hybridized carbons (Fsp3) is 0.0323. The lowest BCUT2D eigenvalue weighted by Gasteiger charge is -2.07. The van der Waals surface area contributed by atoms with Gasteiger partial charge in [-0.1, -0.05) is 78.9 Å². The van der Waals surface area contributed by atoms with Crippen molar-refractivity contribution in [2.45, 2.75) is 6.61 Å². The third-order valence-electron chi connectivity index (χ3n) is 5.61. The molecule has 1 heterocycles. The Balaban J connectivity index is 1.42. The molecule has 4 heteroatoms. The number of allylic oxidation sites excluding steroid dienone is 1. The summed E-state index contributed by atoms with van der Waals surface area (Å²) in [6.07, 6.45) is 5.37. The molecule has 5 rings (SSSR count). The lowest BCUT2D eigenvalue weighted by molar-refractivity contribution is 0.104. The molecule has 0 aliphatic carbocycles. The maximum atomic E-state index is 12.6. The molecule has 0 unspecified atom stereocenters. The number of para-hydroxylation sites is 1. The SMILES string of the molecule is O=C(/C=C/c1cn(-c2ccccc2)nc1-c1ccc(OCc2ccccc2)cc1)c1ccccc1. The molecule has 4 nitrogen and oxygen atoms in total. The molecular weight excluding hydrogens is 432 g/mol. The lowest BCUT2D eigenvalue weighted by atomic mass is 10.1. The van der Waals surface area contributed by atoms with Crippen molar-refractivity contribution in [1.82, 2.24) is 9.78 Å². The molecule has 0 N–H and O–H groups in total. The van der Waals surface area contributed by atoms with Crippen molar-refractivity contribution in [2.24, 2.45) is 0 Å². The third kappa shape index (κ3) is 5.45. The van der Waals surface area contributed by atoms with Crippen LogP contribution in [0.15, 0.2) is 128 Å². The summed E-state index contributed by atoms with van der Waals surface area (Å²) in [6.45, 7) is 0.512. The highest BCUT2D eigenvalue weighted by atomic mass is 16.5. The van der Waals surface area contributed by atoms with Gasteiger partial charge in [0, 0.05) is 22.9 Å². The molecule has 0 atom stereocenters. The Morgan fingerprint density at radius 1 is 0.771 bits per heavy atom. The normalized spacial score (nSPS) is 11.0. The van der Waals surface area contributed by atoms with E-state index in [0.29, 0.717) is 12.2 Å². The van der Waals surface area contributed by atoms with Crippen molar-refractivity contribution < 1.29 is 9.53 Å². The summed E-state index contributed by atoms with van der Waals surface area (Å²) in [4.78, 5) is 12.6. The van der Waals surface area contributed by atoms with Crippen LogP contribution < -0.4 is 4.74 Å². The van der Waals surface area contributed by atoms with Gasteiger partial charge < -0.3 is 4.74 Å². The van der Waals surface area contributed by atoms with Gasteiger partial charge in [0.2, 0.25) is 0 Å². The maximum Gasteiger partial charge on any atom is 0.185 e. The van der Waals surface area contributed by atoms with E-state index in [1.54, 1.807) is 6.08 Å². The molecule has 0 amide bonds. The van der Waals surface area contributed by atoms with Gasteiger partial charge in [-0.15, -0.1) is 0 Å². The van der Waals surface area contributed by atoms with E-state index >= 15 is 0 Å². The molecule has 0 bridgehead atoms. The number of carbonyl (C=O) groups is 1. The summed E-state index contributed by atoms with van der Waals surface area (Å²) >= 11 is 0. The van der Waals surface area contributed by atoms with E-state index in [1.807, 2.05) is 132 Å². The Morgan fingerprint density at radius 2 is 1.40 bits per heavy atom. The second kappa shape index (κ2) is 10.5. The zero-order chi connectivity index (χ0) is 23.9. The molecule has 1 aromatic heterocycles. The molecule has 4 aromatic carbocycles. The average Bonchev–Trinajstić information content (AvgIpc) is 3.37. The van der Waals surface area contributed by atoms with E-state index in [2.05, 4.69) is 0 Å². The molecule has 35 heavy (non-hydrogen) atoms. The number of nitrogens with zero attached hydrogens (tertiary/aromatic N) is 2. The number of hydrogen-bond donors (Lipinski definition) is 0. The topological polar surface area (TPSA) is 44.1 Å². The fourth-order valence-electron chi connectivity index (χ4n) is 3.76. The largest absolute Gasteiger partial charge is 0.489 e. The standard InChI is InChI=1S/C31H24N2O2/c34-30(25-12-6-2-7-13-25)21-18-27-22-33(28-14-8-3-9-15-28)32-31(27)26-16-19-29(20-17-26)35-23-24-10-4-1-5-11-24/h1-22H,23H2/b21-18+. The number of ketones is 1. The Labute approximate surface area is 204 Å². The first-order valence-corrected chi connectivity index (χ1v) is 11.5. The fourth-order valence-corrected chi connectivity index (χ4v) is 3.76. The molecule has 0 spiro atoms. The van der Waals surface area contributed by atoms with Gasteiger partial charge in [0.15, 0.2) is 5.78 Å². The van der Waals surface area contributed by atoms with Crippen molar-refractivity contribution in [1.29, 1.82) is 0 Å². The van der Waals surface area contributed by atoms with Crippen LogP contribution in [0.1, 0.15) is 21.5 Å². The molecule has 0 saturated heterocycles. The van der Waals surface area contributed by atoms with Gasteiger partial charge in [0.05, 0.1) is 11.4 Å². The second-order valence-electron chi connectivity index (χ2n) is 8.08. The summed E-state index contributed by atoms with van der Waals surface area (Å²) in [5.41, 5.74) is 5.31. The number of carbonyl (C=O) groups excluding carboxylic acids is 1. The minimum Gasteiger partial charge on any atom is -0.489 e. The summed E-state index contributed by atoms with van der Waals surface area (Å²) in [5.74, 6) is 0.741. The Morgan fingerprint density at radius 3 is 2.09 bits per heavy atom. The quantitative estimate of drug-likeness (QED) is 0.186. The van der Waals surface area contributed by atoms with Crippen LogP contribution in [0.5, 0.6) is 5.75 Å². The van der Waals surface area contributed by atoms with Crippen LogP contribution in [0, 0.1) is 0 Å². The molecule has 0 aliphatic rings. The van der Waals surface area contributed by atoms with E-state index in [1.165, 1.54) is 0 Å². The van der Waals surface area contributed by atoms with E-state index in [9.17, 15) is 4.79 Å². The zero-order valence-electron chi connectivity index (χ0n) is 19.1. The van der Waals surface area contributed by atoms with Gasteiger partial charge in [-0.05, 0) is 54.1 Å². The first-order valence-electron chi connectivity index (χ1n) is 11.5. The molecular formula is C31H24N2O2. The monoisotopic (exact) mass is 456 g/mol. The molecule has 0 saturated carbocycles. The van der Waals surface area contributed by atoms with Crippen molar-refractivity contribution in [3.8, 4) is 22.7 Å². The van der Waals surface area contributed by atoms with Gasteiger partial charge in [-0.3, -0.25) is 4.79 Å². The third-order valence-corrected chi connectivity index (χ3v) is 5.61. The average molecular weight is 457 g/mol. The van der Waals surface area contributed by atoms with E-state index < -0.39 is 0 Å². The van der Waals surface area contributed by atoms with Crippen molar-refractivity contribution in [2.75, 3.05) is 0 Å². The van der Waals surface area contributed by atoms with Gasteiger partial charge in [-0.25, -0.2) is 4.68 Å². The van der Waals surface area contributed by atoms with Crippen LogP contribution in [-0.2, 0) is 6.61 Å². The first kappa shape index (κ1) is 22.1. The number of ether oxygens (including phenoxy) is 1. The van der Waals surface area contributed by atoms with Crippen LogP contribution in [-0.4, -0.2) is 15.6 Å². The van der Waals surface area contributed by atoms with Gasteiger partial charge in [0.25, 0.3) is 0 Å². The molecule has 0 fully saturated rings. The van der Waals surface area contributed by atoms with Crippen LogP contribution in [0.25, 0.3) is 23.0 Å². The second-order valence-corrected chi connectivity index (χ2v) is 8.08. The summed E-state index contributed by atoms with van der Waals surface area (Å²) in [5, 5.41) is 4.84. The number of benzene rings is 4.